The number of urea groups is 1. The maximum absolute atomic E-state index is 11.5. The predicted octanol–water partition coefficient (Wildman–Crippen LogP) is 4.33. The molecule has 0 aromatic heterocycles. The van der Waals surface area contributed by atoms with Crippen LogP contribution in [0.1, 0.15) is 73.6 Å². The van der Waals surface area contributed by atoms with E-state index < -0.39 is 0 Å². The fourth-order valence-electron chi connectivity index (χ4n) is 1.74. The van der Waals surface area contributed by atoms with Crippen LogP contribution < -0.4 is 10.6 Å². The largest absolute Gasteiger partial charge is 0.338 e. The summed E-state index contributed by atoms with van der Waals surface area (Å²) in [5.74, 6) is 0. The van der Waals surface area contributed by atoms with Gasteiger partial charge in [0.05, 0.1) is 0 Å². The second kappa shape index (κ2) is 8.44. The molecule has 114 valence electrons. The van der Waals surface area contributed by atoms with Crippen molar-refractivity contribution < 1.29 is 4.79 Å². The van der Waals surface area contributed by atoms with Crippen LogP contribution in [-0.4, -0.2) is 19.1 Å². The lowest BCUT2D eigenvalue weighted by atomic mass is 9.89. The fourth-order valence-corrected chi connectivity index (χ4v) is 1.74. The van der Waals surface area contributed by atoms with Gasteiger partial charge >= 0.3 is 6.03 Å². The minimum absolute atomic E-state index is 0.0374. The molecule has 0 radical (unpaired) electrons. The van der Waals surface area contributed by atoms with Gasteiger partial charge in [-0.3, -0.25) is 0 Å². The topological polar surface area (TPSA) is 41.1 Å². The van der Waals surface area contributed by atoms with E-state index in [-0.39, 0.29) is 11.4 Å². The van der Waals surface area contributed by atoms with E-state index in [0.717, 1.165) is 13.0 Å². The van der Waals surface area contributed by atoms with Crippen LogP contribution in [0.3, 0.4) is 0 Å². The van der Waals surface area contributed by atoms with Crippen molar-refractivity contribution in [1.82, 2.24) is 10.6 Å². The van der Waals surface area contributed by atoms with E-state index in [0.29, 0.717) is 12.0 Å². The lowest BCUT2D eigenvalue weighted by molar-refractivity contribution is 0.235. The minimum Gasteiger partial charge on any atom is -0.338 e. The third-order valence-electron chi connectivity index (χ3n) is 2.92. The van der Waals surface area contributed by atoms with Gasteiger partial charge in [0.1, 0.15) is 0 Å². The Morgan fingerprint density at radius 2 is 1.37 bits per heavy atom. The van der Waals surface area contributed by atoms with E-state index in [1.54, 1.807) is 0 Å². The average Bonchev–Trinajstić information content (AvgIpc) is 2.22. The summed E-state index contributed by atoms with van der Waals surface area (Å²) in [6.07, 6.45) is 6.12. The molecule has 0 unspecified atom stereocenters. The van der Waals surface area contributed by atoms with Gasteiger partial charge in [-0.2, -0.15) is 0 Å². The Bertz CT molecular complexity index is 248. The van der Waals surface area contributed by atoms with Crippen molar-refractivity contribution in [2.45, 2.75) is 73.6 Å². The molecule has 0 spiro atoms. The summed E-state index contributed by atoms with van der Waals surface area (Å²) in [6.45, 7) is 14.7. The number of rotatable bonds is 7. The van der Waals surface area contributed by atoms with Gasteiger partial charge in [-0.25, -0.2) is 4.79 Å². The number of carbonyl (C=O) groups excluding carboxylic acids is 1. The van der Waals surface area contributed by atoms with Gasteiger partial charge in [0.25, 0.3) is 0 Å². The van der Waals surface area contributed by atoms with Crippen molar-refractivity contribution in [2.24, 2.45) is 10.8 Å². The van der Waals surface area contributed by atoms with Crippen molar-refractivity contribution in [3.05, 3.63) is 0 Å². The SMILES string of the molecule is CC(C)(C)CCCCCCNC(=O)NCC(C)(C)C. The number of carbonyl (C=O) groups is 1. The summed E-state index contributed by atoms with van der Waals surface area (Å²) in [5, 5.41) is 5.81. The molecule has 0 aromatic carbocycles. The molecule has 0 saturated carbocycles. The minimum atomic E-state index is -0.0374. The quantitative estimate of drug-likeness (QED) is 0.664. The normalized spacial score (nSPS) is 12.3. The first-order chi connectivity index (χ1) is 8.60. The molecule has 0 aliphatic carbocycles. The lowest BCUT2D eigenvalue weighted by Gasteiger charge is -2.19. The monoisotopic (exact) mass is 270 g/mol. The summed E-state index contributed by atoms with van der Waals surface area (Å²) < 4.78 is 0. The van der Waals surface area contributed by atoms with E-state index in [1.807, 2.05) is 0 Å². The Morgan fingerprint density at radius 3 is 1.89 bits per heavy atom. The maximum Gasteiger partial charge on any atom is 0.314 e. The maximum atomic E-state index is 11.5. The summed E-state index contributed by atoms with van der Waals surface area (Å²) in [6, 6.07) is -0.0374. The van der Waals surface area contributed by atoms with Gasteiger partial charge in [-0.1, -0.05) is 60.8 Å². The number of nitrogens with one attached hydrogen (secondary N) is 2. The Kier molecular flexibility index (Phi) is 8.12. The molecule has 0 rings (SSSR count). The zero-order valence-electron chi connectivity index (χ0n) is 13.9. The summed E-state index contributed by atoms with van der Waals surface area (Å²) in [7, 11) is 0. The van der Waals surface area contributed by atoms with Gasteiger partial charge in [-0.05, 0) is 23.7 Å². The van der Waals surface area contributed by atoms with Gasteiger partial charge in [0.2, 0.25) is 0 Å². The standard InChI is InChI=1S/C16H34N2O/c1-15(2,3)11-9-7-8-10-12-17-14(19)18-13-16(4,5)6/h7-13H2,1-6H3,(H2,17,18,19). The highest BCUT2D eigenvalue weighted by molar-refractivity contribution is 5.73. The second-order valence-electron chi connectivity index (χ2n) is 7.89. The molecule has 0 saturated heterocycles. The van der Waals surface area contributed by atoms with Crippen molar-refractivity contribution in [1.29, 1.82) is 0 Å². The molecule has 0 aliphatic heterocycles. The van der Waals surface area contributed by atoms with Crippen molar-refractivity contribution in [3.8, 4) is 0 Å². The van der Waals surface area contributed by atoms with Crippen molar-refractivity contribution in [2.75, 3.05) is 13.1 Å². The summed E-state index contributed by atoms with van der Waals surface area (Å²) in [5.41, 5.74) is 0.593. The molecule has 2 N–H and O–H groups in total. The Morgan fingerprint density at radius 1 is 0.789 bits per heavy atom. The summed E-state index contributed by atoms with van der Waals surface area (Å²) in [4.78, 5) is 11.5. The van der Waals surface area contributed by atoms with Crippen molar-refractivity contribution >= 4 is 6.03 Å². The third-order valence-corrected chi connectivity index (χ3v) is 2.92. The first-order valence-corrected chi connectivity index (χ1v) is 7.62. The molecular weight excluding hydrogens is 236 g/mol. The number of unbranched alkanes of at least 4 members (excludes halogenated alkanes) is 3. The van der Waals surface area contributed by atoms with Crippen LogP contribution in [-0.2, 0) is 0 Å². The number of hydrogen-bond donors (Lipinski definition) is 2. The van der Waals surface area contributed by atoms with E-state index in [2.05, 4.69) is 52.2 Å². The molecular formula is C16H34N2O. The molecule has 2 amide bonds. The lowest BCUT2D eigenvalue weighted by Crippen LogP contribution is -2.40. The molecule has 0 aliphatic rings. The molecule has 0 heterocycles. The first-order valence-electron chi connectivity index (χ1n) is 7.62. The Labute approximate surface area is 119 Å². The number of hydrogen-bond acceptors (Lipinski definition) is 1. The van der Waals surface area contributed by atoms with Gasteiger partial charge in [0.15, 0.2) is 0 Å². The molecule has 19 heavy (non-hydrogen) atoms. The average molecular weight is 270 g/mol. The van der Waals surface area contributed by atoms with E-state index in [1.165, 1.54) is 25.7 Å². The molecule has 0 fully saturated rings. The smallest absolute Gasteiger partial charge is 0.314 e. The van der Waals surface area contributed by atoms with Crippen LogP contribution >= 0.6 is 0 Å². The number of amides is 2. The van der Waals surface area contributed by atoms with E-state index in [4.69, 9.17) is 0 Å². The Hall–Kier alpha value is -0.730. The highest BCUT2D eigenvalue weighted by Crippen LogP contribution is 2.22. The fraction of sp³-hybridized carbons (Fsp3) is 0.938. The summed E-state index contributed by atoms with van der Waals surface area (Å²) >= 11 is 0. The highest BCUT2D eigenvalue weighted by Gasteiger charge is 2.11. The van der Waals surface area contributed by atoms with Crippen LogP contribution in [0.4, 0.5) is 4.79 Å². The van der Waals surface area contributed by atoms with E-state index in [9.17, 15) is 4.79 Å². The van der Waals surface area contributed by atoms with Crippen LogP contribution in [0.2, 0.25) is 0 Å². The highest BCUT2D eigenvalue weighted by atomic mass is 16.2. The second-order valence-corrected chi connectivity index (χ2v) is 7.89. The van der Waals surface area contributed by atoms with Crippen LogP contribution in [0, 0.1) is 10.8 Å². The van der Waals surface area contributed by atoms with Crippen LogP contribution in [0.25, 0.3) is 0 Å². The first kappa shape index (κ1) is 18.3. The van der Waals surface area contributed by atoms with Gasteiger partial charge < -0.3 is 10.6 Å². The zero-order chi connectivity index (χ0) is 14.9. The molecule has 0 bridgehead atoms. The predicted molar refractivity (Wildman–Crippen MR) is 83.4 cm³/mol. The van der Waals surface area contributed by atoms with Crippen molar-refractivity contribution in [3.63, 3.8) is 0 Å². The molecule has 0 aromatic rings. The molecule has 0 atom stereocenters. The van der Waals surface area contributed by atoms with Gasteiger partial charge in [0, 0.05) is 13.1 Å². The third kappa shape index (κ3) is 15.2. The molecule has 3 nitrogen and oxygen atoms in total. The van der Waals surface area contributed by atoms with Crippen LogP contribution in [0.15, 0.2) is 0 Å². The Balaban J connectivity index is 3.37. The van der Waals surface area contributed by atoms with Crippen LogP contribution in [0.5, 0.6) is 0 Å². The van der Waals surface area contributed by atoms with Gasteiger partial charge in [-0.15, -0.1) is 0 Å². The van der Waals surface area contributed by atoms with E-state index >= 15 is 0 Å². The molecule has 3 heteroatoms. The zero-order valence-corrected chi connectivity index (χ0v) is 13.9.